The van der Waals surface area contributed by atoms with Crippen LogP contribution in [0.4, 0.5) is 5.69 Å². The molecule has 2 aromatic rings. The van der Waals surface area contributed by atoms with Gasteiger partial charge < -0.3 is 9.84 Å². The van der Waals surface area contributed by atoms with E-state index in [0.717, 1.165) is 25.9 Å². The van der Waals surface area contributed by atoms with Gasteiger partial charge in [0.15, 0.2) is 0 Å². The molecule has 104 valence electrons. The van der Waals surface area contributed by atoms with E-state index in [0.29, 0.717) is 5.56 Å². The summed E-state index contributed by atoms with van der Waals surface area (Å²) < 4.78 is 6.91. The number of hydrogen-bond donors (Lipinski definition) is 1. The van der Waals surface area contributed by atoms with Gasteiger partial charge in [-0.05, 0) is 58.7 Å². The Balaban J connectivity index is 2.32. The van der Waals surface area contributed by atoms with Gasteiger partial charge in [-0.25, -0.2) is 0 Å². The third-order valence-electron chi connectivity index (χ3n) is 2.78. The molecule has 0 spiro atoms. The summed E-state index contributed by atoms with van der Waals surface area (Å²) in [6.07, 6.45) is 1.64. The van der Waals surface area contributed by atoms with Crippen LogP contribution in [0.1, 0.15) is 11.1 Å². The molecular weight excluding hydrogens is 386 g/mol. The molecule has 0 radical (unpaired) electrons. The summed E-state index contributed by atoms with van der Waals surface area (Å²) in [4.78, 5) is 4.36. The largest absolute Gasteiger partial charge is 0.507 e. The number of ether oxygens (including phenoxy) is 1. The van der Waals surface area contributed by atoms with E-state index in [1.807, 2.05) is 37.3 Å². The van der Waals surface area contributed by atoms with E-state index in [4.69, 9.17) is 4.74 Å². The van der Waals surface area contributed by atoms with Gasteiger partial charge in [-0.15, -0.1) is 0 Å². The summed E-state index contributed by atoms with van der Waals surface area (Å²) in [6.45, 7) is 1.85. The molecule has 2 rings (SSSR count). The monoisotopic (exact) mass is 397 g/mol. The predicted molar refractivity (Wildman–Crippen MR) is 88.5 cm³/mol. The Morgan fingerprint density at radius 3 is 2.60 bits per heavy atom. The predicted octanol–water partition coefficient (Wildman–Crippen LogP) is 4.98. The van der Waals surface area contributed by atoms with Crippen LogP contribution in [0.2, 0.25) is 0 Å². The van der Waals surface area contributed by atoms with Crippen molar-refractivity contribution in [3.8, 4) is 11.5 Å². The molecule has 0 amide bonds. The zero-order valence-corrected chi connectivity index (χ0v) is 14.2. The summed E-state index contributed by atoms with van der Waals surface area (Å²) in [5, 5.41) is 10.00. The van der Waals surface area contributed by atoms with E-state index >= 15 is 0 Å². The molecule has 1 N–H and O–H groups in total. The van der Waals surface area contributed by atoms with Crippen LogP contribution in [0.5, 0.6) is 11.5 Å². The maximum Gasteiger partial charge on any atom is 0.133 e. The zero-order chi connectivity index (χ0) is 14.7. The third-order valence-corrected chi connectivity index (χ3v) is 3.86. The van der Waals surface area contributed by atoms with Crippen LogP contribution in [0, 0.1) is 6.92 Å². The van der Waals surface area contributed by atoms with Crippen LogP contribution >= 0.6 is 31.9 Å². The number of rotatable bonds is 3. The molecule has 2 aromatic carbocycles. The molecule has 0 saturated carbocycles. The van der Waals surface area contributed by atoms with Gasteiger partial charge in [-0.2, -0.15) is 0 Å². The fourth-order valence-corrected chi connectivity index (χ4v) is 2.86. The molecule has 0 saturated heterocycles. The Kier molecular flexibility index (Phi) is 4.83. The number of methoxy groups -OCH3 is 1. The van der Waals surface area contributed by atoms with E-state index in [1.54, 1.807) is 13.3 Å². The normalized spacial score (nSPS) is 11.0. The van der Waals surface area contributed by atoms with Crippen LogP contribution in [-0.4, -0.2) is 18.4 Å². The number of phenolic OH excluding ortho intramolecular Hbond substituents is 1. The first-order valence-corrected chi connectivity index (χ1v) is 7.46. The Morgan fingerprint density at radius 1 is 1.20 bits per heavy atom. The van der Waals surface area contributed by atoms with Gasteiger partial charge in [0, 0.05) is 16.3 Å². The van der Waals surface area contributed by atoms with Crippen LogP contribution in [-0.2, 0) is 0 Å². The van der Waals surface area contributed by atoms with Crippen molar-refractivity contribution in [3.63, 3.8) is 0 Å². The van der Waals surface area contributed by atoms with Gasteiger partial charge in [0.2, 0.25) is 0 Å². The van der Waals surface area contributed by atoms with Crippen molar-refractivity contribution in [2.45, 2.75) is 6.92 Å². The minimum absolute atomic E-state index is 0.240. The number of phenols is 1. The minimum Gasteiger partial charge on any atom is -0.507 e. The van der Waals surface area contributed by atoms with Gasteiger partial charge in [0.25, 0.3) is 0 Å². The highest BCUT2D eigenvalue weighted by Crippen LogP contribution is 2.30. The van der Waals surface area contributed by atoms with Crippen molar-refractivity contribution < 1.29 is 9.84 Å². The van der Waals surface area contributed by atoms with Gasteiger partial charge in [-0.3, -0.25) is 4.99 Å². The zero-order valence-electron chi connectivity index (χ0n) is 11.0. The Hall–Kier alpha value is -1.33. The first kappa shape index (κ1) is 15.1. The third kappa shape index (κ3) is 3.41. The molecule has 0 unspecified atom stereocenters. The lowest BCUT2D eigenvalue weighted by atomic mass is 10.1. The van der Waals surface area contributed by atoms with Gasteiger partial charge in [0.05, 0.1) is 17.3 Å². The Morgan fingerprint density at radius 2 is 1.95 bits per heavy atom. The first-order chi connectivity index (χ1) is 9.51. The highest BCUT2D eigenvalue weighted by atomic mass is 79.9. The summed E-state index contributed by atoms with van der Waals surface area (Å²) in [5.74, 6) is 0.995. The minimum atomic E-state index is 0.240. The van der Waals surface area contributed by atoms with Gasteiger partial charge in [-0.1, -0.05) is 15.9 Å². The number of hydrogen-bond acceptors (Lipinski definition) is 3. The summed E-state index contributed by atoms with van der Waals surface area (Å²) in [6, 6.07) is 9.23. The molecule has 5 heteroatoms. The fraction of sp³-hybridized carbons (Fsp3) is 0.133. The molecule has 0 aliphatic carbocycles. The smallest absolute Gasteiger partial charge is 0.133 e. The molecule has 0 aromatic heterocycles. The highest BCUT2D eigenvalue weighted by Gasteiger charge is 2.04. The molecule has 0 heterocycles. The second-order valence-corrected chi connectivity index (χ2v) is 6.01. The number of nitrogens with zero attached hydrogens (tertiary/aromatic N) is 1. The molecule has 0 fully saturated rings. The molecule has 20 heavy (non-hydrogen) atoms. The van der Waals surface area contributed by atoms with E-state index in [2.05, 4.69) is 36.9 Å². The number of aryl methyl sites for hydroxylation is 1. The Bertz CT molecular complexity index is 669. The van der Waals surface area contributed by atoms with Crippen LogP contribution in [0.15, 0.2) is 44.3 Å². The number of benzene rings is 2. The van der Waals surface area contributed by atoms with Crippen molar-refractivity contribution in [2.75, 3.05) is 7.11 Å². The second kappa shape index (κ2) is 6.41. The molecule has 0 bridgehead atoms. The number of halogens is 2. The highest BCUT2D eigenvalue weighted by molar-refractivity contribution is 9.10. The second-order valence-electron chi connectivity index (χ2n) is 4.24. The van der Waals surface area contributed by atoms with Crippen LogP contribution < -0.4 is 4.74 Å². The van der Waals surface area contributed by atoms with Crippen molar-refractivity contribution in [3.05, 3.63) is 50.4 Å². The Labute approximate surface area is 134 Å². The lowest BCUT2D eigenvalue weighted by molar-refractivity contribution is 0.412. The average molecular weight is 399 g/mol. The lowest BCUT2D eigenvalue weighted by Crippen LogP contribution is -1.87. The summed E-state index contributed by atoms with van der Waals surface area (Å²) in [7, 11) is 1.62. The molecule has 3 nitrogen and oxygen atoms in total. The van der Waals surface area contributed by atoms with Crippen LogP contribution in [0.25, 0.3) is 0 Å². The van der Waals surface area contributed by atoms with Crippen molar-refractivity contribution in [1.82, 2.24) is 0 Å². The fourth-order valence-electron chi connectivity index (χ4n) is 1.74. The van der Waals surface area contributed by atoms with Gasteiger partial charge >= 0.3 is 0 Å². The molecule has 0 aliphatic rings. The topological polar surface area (TPSA) is 41.8 Å². The molecular formula is C15H13Br2NO2. The van der Waals surface area contributed by atoms with E-state index in [9.17, 15) is 5.11 Å². The number of aliphatic imine (C=N–C) groups is 1. The standard InChI is InChI=1S/C15H13Br2NO2/c1-9-5-11(16)6-10(15(9)19)8-18-12-3-4-14(20-2)13(17)7-12/h3-8,19H,1-2H3. The van der Waals surface area contributed by atoms with E-state index in [-0.39, 0.29) is 5.75 Å². The van der Waals surface area contributed by atoms with Crippen molar-refractivity contribution in [2.24, 2.45) is 4.99 Å². The summed E-state index contributed by atoms with van der Waals surface area (Å²) in [5.41, 5.74) is 2.25. The molecule has 0 aliphatic heterocycles. The SMILES string of the molecule is COc1ccc(N=Cc2cc(Br)cc(C)c2O)cc1Br. The van der Waals surface area contributed by atoms with Gasteiger partial charge in [0.1, 0.15) is 11.5 Å². The maximum atomic E-state index is 10.00. The van der Waals surface area contributed by atoms with Crippen LogP contribution in [0.3, 0.4) is 0 Å². The maximum absolute atomic E-state index is 10.00. The molecule has 0 atom stereocenters. The number of aromatic hydroxyl groups is 1. The van der Waals surface area contributed by atoms with E-state index in [1.165, 1.54) is 0 Å². The first-order valence-electron chi connectivity index (χ1n) is 5.88. The summed E-state index contributed by atoms with van der Waals surface area (Å²) >= 11 is 6.82. The van der Waals surface area contributed by atoms with Crippen molar-refractivity contribution in [1.29, 1.82) is 0 Å². The quantitative estimate of drug-likeness (QED) is 0.740. The lowest BCUT2D eigenvalue weighted by Gasteiger charge is -2.05. The van der Waals surface area contributed by atoms with E-state index < -0.39 is 0 Å². The average Bonchev–Trinajstić information content (AvgIpc) is 2.41. The van der Waals surface area contributed by atoms with Crippen molar-refractivity contribution >= 4 is 43.8 Å².